The van der Waals surface area contributed by atoms with Crippen molar-refractivity contribution in [3.63, 3.8) is 0 Å². The van der Waals surface area contributed by atoms with Crippen molar-refractivity contribution in [2.24, 2.45) is 0 Å². The SMILES string of the molecule is CCCCCCCCCCCCCCCCOC[C@H](COPOCc1ccccc1)OCCCCCCCCCCCCCCCC. The molecule has 1 rings (SSSR count). The van der Waals surface area contributed by atoms with Crippen LogP contribution in [0.2, 0.25) is 0 Å². The van der Waals surface area contributed by atoms with E-state index in [2.05, 4.69) is 26.0 Å². The molecular weight excluding hydrogens is 599 g/mol. The standard InChI is InChI=1S/C42H79O4P/c1-3-5-7-9-11-13-15-17-19-21-23-25-27-32-36-43-39-42(40-46-47-45-38-41-34-30-29-31-35-41)44-37-33-28-26-24-22-20-18-16-14-12-10-8-6-4-2/h29-31,34-35,42,47H,3-28,32-33,36-40H2,1-2H3/t42-/m1/s1. The van der Waals surface area contributed by atoms with Crippen molar-refractivity contribution in [3.8, 4) is 0 Å². The first-order chi connectivity index (χ1) is 23.4. The summed E-state index contributed by atoms with van der Waals surface area (Å²) in [6.45, 7) is 7.93. The van der Waals surface area contributed by atoms with E-state index in [1.165, 1.54) is 173 Å². The number of benzene rings is 1. The highest BCUT2D eigenvalue weighted by Gasteiger charge is 2.11. The number of rotatable bonds is 39. The summed E-state index contributed by atoms with van der Waals surface area (Å²) < 4.78 is 23.9. The van der Waals surface area contributed by atoms with Crippen molar-refractivity contribution in [3.05, 3.63) is 35.9 Å². The molecule has 47 heavy (non-hydrogen) atoms. The molecule has 4 nitrogen and oxygen atoms in total. The van der Waals surface area contributed by atoms with Gasteiger partial charge in [-0.05, 0) is 18.4 Å². The average Bonchev–Trinajstić information content (AvgIpc) is 3.09. The zero-order valence-corrected chi connectivity index (χ0v) is 32.4. The maximum absolute atomic E-state index is 6.24. The number of hydrogen-bond donors (Lipinski definition) is 0. The van der Waals surface area contributed by atoms with Gasteiger partial charge in [-0.1, -0.05) is 211 Å². The molecule has 0 aliphatic heterocycles. The van der Waals surface area contributed by atoms with Gasteiger partial charge in [-0.25, -0.2) is 0 Å². The van der Waals surface area contributed by atoms with E-state index in [-0.39, 0.29) is 15.1 Å². The van der Waals surface area contributed by atoms with Crippen molar-refractivity contribution in [2.45, 2.75) is 206 Å². The molecular formula is C42H79O4P. The molecule has 0 saturated heterocycles. The number of unbranched alkanes of at least 4 members (excludes halogenated alkanes) is 26. The van der Waals surface area contributed by atoms with Crippen molar-refractivity contribution in [2.75, 3.05) is 26.4 Å². The first-order valence-electron chi connectivity index (χ1n) is 20.6. The minimum atomic E-state index is -0.0172. The summed E-state index contributed by atoms with van der Waals surface area (Å²) in [6, 6.07) is 10.3. The molecule has 276 valence electrons. The summed E-state index contributed by atoms with van der Waals surface area (Å²) in [6.07, 6.45) is 38.6. The molecule has 5 heteroatoms. The Morgan fingerprint density at radius 3 is 1.30 bits per heavy atom. The van der Waals surface area contributed by atoms with Crippen LogP contribution < -0.4 is 0 Å². The monoisotopic (exact) mass is 679 g/mol. The van der Waals surface area contributed by atoms with Gasteiger partial charge in [0, 0.05) is 13.2 Å². The molecule has 1 unspecified atom stereocenters. The van der Waals surface area contributed by atoms with E-state index < -0.39 is 0 Å². The topological polar surface area (TPSA) is 36.9 Å². The largest absolute Gasteiger partial charge is 0.379 e. The van der Waals surface area contributed by atoms with E-state index in [9.17, 15) is 0 Å². The predicted octanol–water partition coefficient (Wildman–Crippen LogP) is 14.1. The molecule has 1 aromatic rings. The molecule has 0 bridgehead atoms. The van der Waals surface area contributed by atoms with E-state index in [1.54, 1.807) is 0 Å². The van der Waals surface area contributed by atoms with Gasteiger partial charge in [-0.3, -0.25) is 0 Å². The van der Waals surface area contributed by atoms with Crippen LogP contribution in [0.25, 0.3) is 0 Å². The Labute approximate surface area is 295 Å². The molecule has 0 fully saturated rings. The molecule has 0 heterocycles. The fraction of sp³-hybridized carbons (Fsp3) is 0.857. The third-order valence-corrected chi connectivity index (χ3v) is 9.81. The third-order valence-electron chi connectivity index (χ3n) is 9.27. The van der Waals surface area contributed by atoms with Gasteiger partial charge in [0.25, 0.3) is 0 Å². The van der Waals surface area contributed by atoms with Crippen LogP contribution in [-0.2, 0) is 25.1 Å². The van der Waals surface area contributed by atoms with Crippen LogP contribution in [0.4, 0.5) is 0 Å². The lowest BCUT2D eigenvalue weighted by molar-refractivity contribution is -0.0384. The molecule has 0 aliphatic rings. The Morgan fingerprint density at radius 2 is 0.851 bits per heavy atom. The van der Waals surface area contributed by atoms with Crippen molar-refractivity contribution in [1.82, 2.24) is 0 Å². The molecule has 0 aliphatic carbocycles. The van der Waals surface area contributed by atoms with Crippen LogP contribution >= 0.6 is 9.03 Å². The molecule has 2 atom stereocenters. The second kappa shape index (κ2) is 38.3. The number of ether oxygens (including phenoxy) is 2. The molecule has 0 N–H and O–H groups in total. The summed E-state index contributed by atoms with van der Waals surface area (Å²) in [7, 11) is 0.0226. The first-order valence-corrected chi connectivity index (χ1v) is 21.4. The van der Waals surface area contributed by atoms with E-state index in [1.807, 2.05) is 18.2 Å². The minimum absolute atomic E-state index is 0.0172. The van der Waals surface area contributed by atoms with Gasteiger partial charge in [0.15, 0.2) is 9.03 Å². The Bertz CT molecular complexity index is 703. The van der Waals surface area contributed by atoms with Crippen LogP contribution in [0.15, 0.2) is 30.3 Å². The third kappa shape index (κ3) is 33.8. The lowest BCUT2D eigenvalue weighted by Gasteiger charge is -2.18. The zero-order chi connectivity index (χ0) is 33.6. The van der Waals surface area contributed by atoms with Gasteiger partial charge in [-0.2, -0.15) is 0 Å². The summed E-state index contributed by atoms with van der Waals surface area (Å²) in [5, 5.41) is 0. The lowest BCUT2D eigenvalue weighted by atomic mass is 10.0. The van der Waals surface area contributed by atoms with Crippen LogP contribution in [0, 0.1) is 0 Å². The molecule has 0 amide bonds. The van der Waals surface area contributed by atoms with Crippen LogP contribution in [0.3, 0.4) is 0 Å². The highest BCUT2D eigenvalue weighted by molar-refractivity contribution is 7.26. The van der Waals surface area contributed by atoms with Gasteiger partial charge in [-0.15, -0.1) is 0 Å². The lowest BCUT2D eigenvalue weighted by Crippen LogP contribution is -2.25. The summed E-state index contributed by atoms with van der Waals surface area (Å²) in [5.74, 6) is 0. The van der Waals surface area contributed by atoms with E-state index in [0.717, 1.165) is 26.1 Å². The Kier molecular flexibility index (Phi) is 36.3. The van der Waals surface area contributed by atoms with Gasteiger partial charge in [0.1, 0.15) is 6.10 Å². The predicted molar refractivity (Wildman–Crippen MR) is 207 cm³/mol. The van der Waals surface area contributed by atoms with Gasteiger partial charge in [0.05, 0.1) is 19.8 Å². The molecule has 0 radical (unpaired) electrons. The summed E-state index contributed by atoms with van der Waals surface area (Å²) >= 11 is 0. The molecule has 0 saturated carbocycles. The highest BCUT2D eigenvalue weighted by atomic mass is 31.1. The van der Waals surface area contributed by atoms with Crippen molar-refractivity contribution < 1.29 is 18.5 Å². The fourth-order valence-electron chi connectivity index (χ4n) is 6.16. The minimum Gasteiger partial charge on any atom is -0.379 e. The smallest absolute Gasteiger partial charge is 0.155 e. The maximum atomic E-state index is 6.24. The van der Waals surface area contributed by atoms with Crippen molar-refractivity contribution in [1.29, 1.82) is 0 Å². The summed E-state index contributed by atoms with van der Waals surface area (Å²) in [5.41, 5.74) is 1.17. The second-order valence-corrected chi connectivity index (χ2v) is 14.7. The Hall–Kier alpha value is -0.510. The second-order valence-electron chi connectivity index (χ2n) is 13.9. The zero-order valence-electron chi connectivity index (χ0n) is 31.4. The van der Waals surface area contributed by atoms with Crippen LogP contribution in [0.5, 0.6) is 0 Å². The van der Waals surface area contributed by atoms with E-state index in [4.69, 9.17) is 18.5 Å². The van der Waals surface area contributed by atoms with Crippen molar-refractivity contribution >= 4 is 9.03 Å². The first kappa shape index (κ1) is 44.5. The Balaban J connectivity index is 2.05. The van der Waals surface area contributed by atoms with E-state index >= 15 is 0 Å². The normalized spacial score (nSPS) is 12.5. The summed E-state index contributed by atoms with van der Waals surface area (Å²) in [4.78, 5) is 0. The number of hydrogen-bond acceptors (Lipinski definition) is 4. The molecule has 0 spiro atoms. The van der Waals surface area contributed by atoms with Crippen LogP contribution in [-0.4, -0.2) is 32.5 Å². The highest BCUT2D eigenvalue weighted by Crippen LogP contribution is 2.19. The van der Waals surface area contributed by atoms with E-state index in [0.29, 0.717) is 19.8 Å². The molecule has 1 aromatic carbocycles. The van der Waals surface area contributed by atoms with Gasteiger partial charge >= 0.3 is 0 Å². The molecule has 0 aromatic heterocycles. The quantitative estimate of drug-likeness (QED) is 0.0513. The Morgan fingerprint density at radius 1 is 0.447 bits per heavy atom. The van der Waals surface area contributed by atoms with Gasteiger partial charge < -0.3 is 18.5 Å². The maximum Gasteiger partial charge on any atom is 0.155 e. The fourth-order valence-corrected chi connectivity index (χ4v) is 6.72. The van der Waals surface area contributed by atoms with Gasteiger partial charge in [0.2, 0.25) is 0 Å². The van der Waals surface area contributed by atoms with Crippen LogP contribution in [0.1, 0.15) is 199 Å². The average molecular weight is 679 g/mol.